The second-order valence-electron chi connectivity index (χ2n) is 7.81. The molecule has 0 bridgehead atoms. The summed E-state index contributed by atoms with van der Waals surface area (Å²) in [6.45, 7) is 4.35. The van der Waals surface area contributed by atoms with Gasteiger partial charge in [0.2, 0.25) is 5.91 Å². The number of nitrogens with zero attached hydrogens (tertiary/aromatic N) is 2. The van der Waals surface area contributed by atoms with E-state index in [1.807, 2.05) is 12.1 Å². The lowest BCUT2D eigenvalue weighted by atomic mass is 9.96. The number of hydrogen-bond donors (Lipinski definition) is 1. The standard InChI is InChI=1S/C21H31N3OS.ClH/c1-15(2)16-9-11-18(12-10-16)22-20(25)13-19-14-26-21(24(19)3)23-17-7-5-4-6-8-17;/h9-12,15,17,19H,4-8,13-14H2,1-3H3,(H,22,25);1H. The van der Waals surface area contributed by atoms with Crippen molar-refractivity contribution < 1.29 is 4.79 Å². The van der Waals surface area contributed by atoms with E-state index in [1.54, 1.807) is 11.8 Å². The minimum atomic E-state index is 0. The average Bonchev–Trinajstić information content (AvgIpc) is 2.96. The van der Waals surface area contributed by atoms with Crippen molar-refractivity contribution in [1.29, 1.82) is 0 Å². The smallest absolute Gasteiger partial charge is 0.226 e. The van der Waals surface area contributed by atoms with Crippen molar-refractivity contribution >= 4 is 40.9 Å². The third kappa shape index (κ3) is 6.15. The molecule has 1 aliphatic heterocycles. The van der Waals surface area contributed by atoms with Crippen molar-refractivity contribution in [3.63, 3.8) is 0 Å². The zero-order chi connectivity index (χ0) is 18.5. The number of hydrogen-bond acceptors (Lipinski definition) is 3. The second kappa shape index (κ2) is 10.4. The molecular weight excluding hydrogens is 378 g/mol. The summed E-state index contributed by atoms with van der Waals surface area (Å²) in [6, 6.07) is 8.89. The van der Waals surface area contributed by atoms with Gasteiger partial charge in [-0.1, -0.05) is 57.0 Å². The van der Waals surface area contributed by atoms with Gasteiger partial charge in [0, 0.05) is 31.0 Å². The molecule has 2 fully saturated rings. The molecule has 0 radical (unpaired) electrons. The van der Waals surface area contributed by atoms with Gasteiger partial charge in [0.25, 0.3) is 0 Å². The van der Waals surface area contributed by atoms with Crippen molar-refractivity contribution in [2.45, 2.75) is 70.4 Å². The Balaban J connectivity index is 0.00000261. The van der Waals surface area contributed by atoms with Gasteiger partial charge in [0.15, 0.2) is 5.17 Å². The third-order valence-corrected chi connectivity index (χ3v) is 6.61. The highest BCUT2D eigenvalue weighted by atomic mass is 35.5. The first kappa shape index (κ1) is 22.1. The molecule has 1 saturated heterocycles. The predicted molar refractivity (Wildman–Crippen MR) is 119 cm³/mol. The van der Waals surface area contributed by atoms with Crippen LogP contribution < -0.4 is 5.32 Å². The number of benzene rings is 1. The Kier molecular flexibility index (Phi) is 8.49. The minimum absolute atomic E-state index is 0. The Labute approximate surface area is 174 Å². The Hall–Kier alpha value is -1.20. The molecule has 1 heterocycles. The van der Waals surface area contributed by atoms with Gasteiger partial charge in [-0.15, -0.1) is 12.4 Å². The number of amidine groups is 1. The first-order chi connectivity index (χ1) is 12.5. The second-order valence-corrected chi connectivity index (χ2v) is 8.80. The molecule has 3 rings (SSSR count). The minimum Gasteiger partial charge on any atom is -0.350 e. The lowest BCUT2D eigenvalue weighted by Crippen LogP contribution is -2.34. The van der Waals surface area contributed by atoms with Crippen LogP contribution in [0.25, 0.3) is 0 Å². The lowest BCUT2D eigenvalue weighted by Gasteiger charge is -2.23. The molecule has 1 aromatic rings. The van der Waals surface area contributed by atoms with Crippen LogP contribution in [0.5, 0.6) is 0 Å². The zero-order valence-electron chi connectivity index (χ0n) is 16.6. The number of thioether (sulfide) groups is 1. The van der Waals surface area contributed by atoms with E-state index in [9.17, 15) is 4.79 Å². The van der Waals surface area contributed by atoms with Crippen LogP contribution in [0.15, 0.2) is 29.3 Å². The van der Waals surface area contributed by atoms with E-state index in [0.717, 1.165) is 16.6 Å². The van der Waals surface area contributed by atoms with Gasteiger partial charge in [-0.3, -0.25) is 9.79 Å². The quantitative estimate of drug-likeness (QED) is 0.717. The van der Waals surface area contributed by atoms with E-state index in [0.29, 0.717) is 18.4 Å². The van der Waals surface area contributed by atoms with Crippen LogP contribution in [0.4, 0.5) is 5.69 Å². The van der Waals surface area contributed by atoms with E-state index in [-0.39, 0.29) is 24.4 Å². The number of halogens is 1. The fourth-order valence-corrected chi connectivity index (χ4v) is 4.87. The monoisotopic (exact) mass is 409 g/mol. The van der Waals surface area contributed by atoms with Gasteiger partial charge >= 0.3 is 0 Å². The van der Waals surface area contributed by atoms with Gasteiger partial charge < -0.3 is 10.2 Å². The number of rotatable bonds is 5. The number of carbonyl (C=O) groups is 1. The molecule has 6 heteroatoms. The number of nitrogens with one attached hydrogen (secondary N) is 1. The van der Waals surface area contributed by atoms with E-state index in [2.05, 4.69) is 43.2 Å². The van der Waals surface area contributed by atoms with Crippen LogP contribution in [0, 0.1) is 0 Å². The summed E-state index contributed by atoms with van der Waals surface area (Å²) in [5.41, 5.74) is 2.17. The van der Waals surface area contributed by atoms with Crippen LogP contribution in [0.1, 0.15) is 63.9 Å². The largest absolute Gasteiger partial charge is 0.350 e. The van der Waals surface area contributed by atoms with Crippen LogP contribution >= 0.6 is 24.2 Å². The molecule has 1 unspecified atom stereocenters. The topological polar surface area (TPSA) is 44.7 Å². The predicted octanol–water partition coefficient (Wildman–Crippen LogP) is 5.30. The maximum absolute atomic E-state index is 12.4. The van der Waals surface area contributed by atoms with Crippen LogP contribution in [-0.4, -0.2) is 40.9 Å². The Morgan fingerprint density at radius 2 is 1.89 bits per heavy atom. The maximum Gasteiger partial charge on any atom is 0.226 e. The zero-order valence-corrected chi connectivity index (χ0v) is 18.2. The number of amides is 1. The van der Waals surface area contributed by atoms with Gasteiger partial charge in [-0.05, 0) is 36.5 Å². The molecule has 27 heavy (non-hydrogen) atoms. The molecule has 1 saturated carbocycles. The SMILES string of the molecule is CC(C)c1ccc(NC(=O)CC2CSC(=NC3CCCCC3)N2C)cc1.Cl. The first-order valence-electron chi connectivity index (χ1n) is 9.86. The van der Waals surface area contributed by atoms with Gasteiger partial charge in [0.1, 0.15) is 0 Å². The lowest BCUT2D eigenvalue weighted by molar-refractivity contribution is -0.116. The molecule has 1 atom stereocenters. The van der Waals surface area contributed by atoms with Crippen LogP contribution in [0.2, 0.25) is 0 Å². The summed E-state index contributed by atoms with van der Waals surface area (Å²) in [5, 5.41) is 4.16. The molecule has 0 aromatic heterocycles. The maximum atomic E-state index is 12.4. The number of aliphatic imine (C=N–C) groups is 1. The third-order valence-electron chi connectivity index (χ3n) is 5.40. The Bertz CT molecular complexity index is 641. The molecule has 1 amide bonds. The van der Waals surface area contributed by atoms with E-state index >= 15 is 0 Å². The van der Waals surface area contributed by atoms with Gasteiger partial charge in [-0.25, -0.2) is 0 Å². The van der Waals surface area contributed by atoms with Crippen molar-refractivity contribution in [2.24, 2.45) is 4.99 Å². The summed E-state index contributed by atoms with van der Waals surface area (Å²) < 4.78 is 0. The Morgan fingerprint density at radius 3 is 2.52 bits per heavy atom. The molecule has 4 nitrogen and oxygen atoms in total. The molecule has 1 N–H and O–H groups in total. The molecular formula is C21H32ClN3OS. The molecule has 1 aliphatic carbocycles. The normalized spacial score (nSPS) is 22.1. The summed E-state index contributed by atoms with van der Waals surface area (Å²) in [7, 11) is 2.08. The summed E-state index contributed by atoms with van der Waals surface area (Å²) in [5.74, 6) is 1.53. The van der Waals surface area contributed by atoms with Gasteiger partial charge in [-0.2, -0.15) is 0 Å². The average molecular weight is 410 g/mol. The molecule has 1 aromatic carbocycles. The summed E-state index contributed by atoms with van der Waals surface area (Å²) >= 11 is 1.80. The van der Waals surface area contributed by atoms with E-state index < -0.39 is 0 Å². The number of anilines is 1. The van der Waals surface area contributed by atoms with Crippen molar-refractivity contribution in [3.05, 3.63) is 29.8 Å². The van der Waals surface area contributed by atoms with Crippen LogP contribution in [-0.2, 0) is 4.79 Å². The number of carbonyl (C=O) groups excluding carboxylic acids is 1. The highest BCUT2D eigenvalue weighted by molar-refractivity contribution is 8.14. The van der Waals surface area contributed by atoms with Gasteiger partial charge in [0.05, 0.1) is 6.04 Å². The van der Waals surface area contributed by atoms with E-state index in [4.69, 9.17) is 4.99 Å². The van der Waals surface area contributed by atoms with E-state index in [1.165, 1.54) is 37.7 Å². The summed E-state index contributed by atoms with van der Waals surface area (Å²) in [6.07, 6.45) is 6.91. The van der Waals surface area contributed by atoms with Crippen molar-refractivity contribution in [1.82, 2.24) is 4.90 Å². The molecule has 0 spiro atoms. The summed E-state index contributed by atoms with van der Waals surface area (Å²) in [4.78, 5) is 19.6. The fraction of sp³-hybridized carbons (Fsp3) is 0.619. The van der Waals surface area contributed by atoms with Crippen molar-refractivity contribution in [2.75, 3.05) is 18.1 Å². The van der Waals surface area contributed by atoms with Crippen molar-refractivity contribution in [3.8, 4) is 0 Å². The first-order valence-corrected chi connectivity index (χ1v) is 10.8. The molecule has 2 aliphatic rings. The Morgan fingerprint density at radius 1 is 1.22 bits per heavy atom. The highest BCUT2D eigenvalue weighted by Gasteiger charge is 2.29. The highest BCUT2D eigenvalue weighted by Crippen LogP contribution is 2.28. The molecule has 150 valence electrons. The van der Waals surface area contributed by atoms with Crippen LogP contribution in [0.3, 0.4) is 0 Å². The fourth-order valence-electron chi connectivity index (χ4n) is 3.61.